The van der Waals surface area contributed by atoms with Crippen molar-refractivity contribution in [1.82, 2.24) is 15.0 Å². The van der Waals surface area contributed by atoms with Crippen LogP contribution in [0.4, 0.5) is 0 Å². The molecule has 0 N–H and O–H groups in total. The Labute approximate surface area is 126 Å². The predicted octanol–water partition coefficient (Wildman–Crippen LogP) is 3.04. The third kappa shape index (κ3) is 4.44. The van der Waals surface area contributed by atoms with E-state index in [4.69, 9.17) is 4.74 Å². The summed E-state index contributed by atoms with van der Waals surface area (Å²) in [6, 6.07) is 0.391. The van der Waals surface area contributed by atoms with Crippen LogP contribution in [0.2, 0.25) is 0 Å². The Morgan fingerprint density at radius 1 is 0.941 bits per heavy atom. The van der Waals surface area contributed by atoms with E-state index in [1.807, 2.05) is 13.8 Å². The molecule has 1 rings (SSSR count). The minimum absolute atomic E-state index is 0.00552. The number of rotatable bonds is 6. The fourth-order valence-electron chi connectivity index (χ4n) is 1.09. The fourth-order valence-corrected chi connectivity index (χ4v) is 4.36. The lowest BCUT2D eigenvalue weighted by Crippen LogP contribution is -2.34. The summed E-state index contributed by atoms with van der Waals surface area (Å²) in [6.07, 6.45) is 0. The first-order chi connectivity index (χ1) is 8.05. The molecule has 0 fully saturated rings. The van der Waals surface area contributed by atoms with Crippen molar-refractivity contribution in [2.45, 2.75) is 13.8 Å². The first-order valence-corrected chi connectivity index (χ1v) is 8.41. The Balaban J connectivity index is 2.71. The largest absolute Gasteiger partial charge is 0.463 e. The number of alkyl halides is 3. The smallest absolute Gasteiger partial charge is 0.319 e. The summed E-state index contributed by atoms with van der Waals surface area (Å²) in [7, 11) is 0. The predicted molar refractivity (Wildman–Crippen MR) is 78.6 cm³/mol. The number of aromatic nitrogens is 3. The van der Waals surface area contributed by atoms with E-state index in [1.54, 1.807) is 0 Å². The molecule has 0 saturated carbocycles. The lowest BCUT2D eigenvalue weighted by atomic mass is 9.98. The van der Waals surface area contributed by atoms with Gasteiger partial charge in [-0.25, -0.2) is 4.98 Å². The molecule has 0 spiro atoms. The van der Waals surface area contributed by atoms with E-state index < -0.39 is 0 Å². The Hall–Kier alpha value is 0.250. The van der Waals surface area contributed by atoms with Gasteiger partial charge in [0.2, 0.25) is 0 Å². The van der Waals surface area contributed by atoms with Crippen LogP contribution in [0.15, 0.2) is 0 Å². The van der Waals surface area contributed by atoms with E-state index in [1.165, 1.54) is 0 Å². The summed E-state index contributed by atoms with van der Waals surface area (Å²) in [4.78, 5) is 12.4. The highest BCUT2D eigenvalue weighted by Gasteiger charge is 2.28. The monoisotopic (exact) mass is 429 g/mol. The van der Waals surface area contributed by atoms with E-state index in [9.17, 15) is 0 Å². The third-order valence-corrected chi connectivity index (χ3v) is 5.76. The lowest BCUT2D eigenvalue weighted by Gasteiger charge is -2.26. The average molecular weight is 432 g/mol. The normalized spacial score (nSPS) is 11.6. The van der Waals surface area contributed by atoms with E-state index >= 15 is 0 Å². The molecule has 1 heterocycles. The highest BCUT2D eigenvalue weighted by molar-refractivity contribution is 9.10. The number of nitrogens with zero attached hydrogens (tertiary/aromatic N) is 3. The number of aryl methyl sites for hydroxylation is 2. The maximum absolute atomic E-state index is 5.65. The Kier molecular flexibility index (Phi) is 6.30. The Bertz CT molecular complexity index is 343. The van der Waals surface area contributed by atoms with Crippen LogP contribution in [-0.2, 0) is 0 Å². The van der Waals surface area contributed by atoms with E-state index in [-0.39, 0.29) is 5.41 Å². The van der Waals surface area contributed by atoms with Crippen molar-refractivity contribution in [3.63, 3.8) is 0 Å². The zero-order valence-electron chi connectivity index (χ0n) is 9.71. The van der Waals surface area contributed by atoms with E-state index in [0.717, 1.165) is 16.0 Å². The maximum Gasteiger partial charge on any atom is 0.319 e. The first kappa shape index (κ1) is 15.3. The van der Waals surface area contributed by atoms with Gasteiger partial charge in [0.1, 0.15) is 11.6 Å². The fraction of sp³-hybridized carbons (Fsp3) is 0.700. The molecule has 0 bridgehead atoms. The number of ether oxygens (including phenoxy) is 1. The summed E-state index contributed by atoms with van der Waals surface area (Å²) in [5, 5.41) is 2.50. The molecule has 0 amide bonds. The van der Waals surface area contributed by atoms with Crippen molar-refractivity contribution in [3.05, 3.63) is 11.6 Å². The van der Waals surface area contributed by atoms with Gasteiger partial charge in [0, 0.05) is 21.4 Å². The van der Waals surface area contributed by atoms with Crippen molar-refractivity contribution in [3.8, 4) is 6.01 Å². The van der Waals surface area contributed by atoms with Crippen LogP contribution < -0.4 is 4.74 Å². The second kappa shape index (κ2) is 6.99. The van der Waals surface area contributed by atoms with Crippen LogP contribution >= 0.6 is 47.8 Å². The zero-order valence-corrected chi connectivity index (χ0v) is 14.5. The molecule has 0 aliphatic rings. The molecular weight excluding hydrogens is 418 g/mol. The van der Waals surface area contributed by atoms with Gasteiger partial charge in [-0.05, 0) is 13.8 Å². The molecular formula is C10H14Br3N3O. The summed E-state index contributed by atoms with van der Waals surface area (Å²) < 4.78 is 5.65. The minimum Gasteiger partial charge on any atom is -0.463 e. The van der Waals surface area contributed by atoms with Crippen molar-refractivity contribution in [2.24, 2.45) is 5.41 Å². The highest BCUT2D eigenvalue weighted by Crippen LogP contribution is 2.26. The summed E-state index contributed by atoms with van der Waals surface area (Å²) in [6.45, 7) is 4.19. The number of halogens is 3. The van der Waals surface area contributed by atoms with Gasteiger partial charge in [0.05, 0.1) is 6.61 Å². The second-order valence-electron chi connectivity index (χ2n) is 3.90. The molecule has 0 aliphatic heterocycles. The molecule has 1 aromatic rings. The van der Waals surface area contributed by atoms with E-state index in [0.29, 0.717) is 24.3 Å². The molecule has 96 valence electrons. The third-order valence-electron chi connectivity index (χ3n) is 2.20. The summed E-state index contributed by atoms with van der Waals surface area (Å²) in [5.41, 5.74) is -0.00552. The van der Waals surface area contributed by atoms with Crippen molar-refractivity contribution < 1.29 is 4.74 Å². The van der Waals surface area contributed by atoms with Crippen molar-refractivity contribution >= 4 is 47.8 Å². The van der Waals surface area contributed by atoms with Crippen LogP contribution in [-0.4, -0.2) is 37.5 Å². The number of hydrogen-bond donors (Lipinski definition) is 0. The summed E-state index contributed by atoms with van der Waals surface area (Å²) >= 11 is 10.5. The molecule has 0 aromatic carbocycles. The van der Waals surface area contributed by atoms with Crippen molar-refractivity contribution in [2.75, 3.05) is 22.6 Å². The standard InChI is InChI=1S/C10H14Br3N3O/c1-7-14-8(2)16-9(15-7)17-6-10(3-11,4-12)5-13/h3-6H2,1-2H3. The van der Waals surface area contributed by atoms with Gasteiger partial charge in [-0.1, -0.05) is 47.8 Å². The molecule has 4 nitrogen and oxygen atoms in total. The second-order valence-corrected chi connectivity index (χ2v) is 5.58. The minimum atomic E-state index is -0.00552. The van der Waals surface area contributed by atoms with Gasteiger partial charge < -0.3 is 4.74 Å². The zero-order chi connectivity index (χ0) is 12.9. The van der Waals surface area contributed by atoms with Gasteiger partial charge >= 0.3 is 6.01 Å². The Morgan fingerprint density at radius 3 is 1.82 bits per heavy atom. The topological polar surface area (TPSA) is 47.9 Å². The number of hydrogen-bond acceptors (Lipinski definition) is 4. The molecule has 1 aromatic heterocycles. The van der Waals surface area contributed by atoms with Crippen molar-refractivity contribution in [1.29, 1.82) is 0 Å². The van der Waals surface area contributed by atoms with E-state index in [2.05, 4.69) is 62.7 Å². The first-order valence-electron chi connectivity index (χ1n) is 5.05. The SMILES string of the molecule is Cc1nc(C)nc(OCC(CBr)(CBr)CBr)n1. The highest BCUT2D eigenvalue weighted by atomic mass is 79.9. The van der Waals surface area contributed by atoms with Gasteiger partial charge in [0.25, 0.3) is 0 Å². The molecule has 0 saturated heterocycles. The molecule has 0 atom stereocenters. The molecule has 0 unspecified atom stereocenters. The van der Waals surface area contributed by atoms with Gasteiger partial charge in [0.15, 0.2) is 0 Å². The summed E-state index contributed by atoms with van der Waals surface area (Å²) in [5.74, 6) is 1.35. The lowest BCUT2D eigenvalue weighted by molar-refractivity contribution is 0.197. The Morgan fingerprint density at radius 2 is 1.41 bits per heavy atom. The maximum atomic E-state index is 5.65. The molecule has 0 radical (unpaired) electrons. The molecule has 0 aliphatic carbocycles. The quantitative estimate of drug-likeness (QED) is 0.649. The van der Waals surface area contributed by atoms with Crippen LogP contribution in [0.25, 0.3) is 0 Å². The van der Waals surface area contributed by atoms with Crippen LogP contribution in [0, 0.1) is 19.3 Å². The molecule has 17 heavy (non-hydrogen) atoms. The van der Waals surface area contributed by atoms with Crippen LogP contribution in [0.1, 0.15) is 11.6 Å². The van der Waals surface area contributed by atoms with Gasteiger partial charge in [-0.3, -0.25) is 0 Å². The van der Waals surface area contributed by atoms with Gasteiger partial charge in [-0.15, -0.1) is 0 Å². The van der Waals surface area contributed by atoms with Crippen LogP contribution in [0.3, 0.4) is 0 Å². The van der Waals surface area contributed by atoms with Crippen LogP contribution in [0.5, 0.6) is 6.01 Å². The average Bonchev–Trinajstić information content (AvgIpc) is 2.30. The van der Waals surface area contributed by atoms with Gasteiger partial charge in [-0.2, -0.15) is 9.97 Å². The molecule has 7 heteroatoms.